The summed E-state index contributed by atoms with van der Waals surface area (Å²) < 4.78 is 0. The summed E-state index contributed by atoms with van der Waals surface area (Å²) in [6.07, 6.45) is 0.252. The van der Waals surface area contributed by atoms with Crippen molar-refractivity contribution in [3.63, 3.8) is 0 Å². The highest BCUT2D eigenvalue weighted by atomic mass is 35.5. The average molecular weight is 371 g/mol. The normalized spacial score (nSPS) is 14.8. The van der Waals surface area contributed by atoms with Crippen LogP contribution in [-0.4, -0.2) is 29.2 Å². The first-order chi connectivity index (χ1) is 12.5. The fourth-order valence-corrected chi connectivity index (χ4v) is 3.11. The van der Waals surface area contributed by atoms with Gasteiger partial charge in [-0.25, -0.2) is 0 Å². The Hall–Kier alpha value is -2.66. The minimum absolute atomic E-state index is 0.0670. The molecule has 3 rings (SSSR count). The van der Waals surface area contributed by atoms with Crippen molar-refractivity contribution in [2.24, 2.45) is 0 Å². The molecule has 0 aliphatic carbocycles. The number of hydrogen-bond acceptors (Lipinski definition) is 3. The number of imide groups is 1. The number of halogens is 1. The first kappa shape index (κ1) is 18.1. The van der Waals surface area contributed by atoms with Gasteiger partial charge in [-0.1, -0.05) is 41.9 Å². The van der Waals surface area contributed by atoms with Crippen molar-refractivity contribution in [3.8, 4) is 0 Å². The number of benzene rings is 2. The van der Waals surface area contributed by atoms with Gasteiger partial charge in [-0.15, -0.1) is 0 Å². The van der Waals surface area contributed by atoms with E-state index in [1.54, 1.807) is 36.4 Å². The van der Waals surface area contributed by atoms with Gasteiger partial charge >= 0.3 is 0 Å². The van der Waals surface area contributed by atoms with Gasteiger partial charge in [0.15, 0.2) is 0 Å². The van der Waals surface area contributed by atoms with E-state index < -0.39 is 0 Å². The van der Waals surface area contributed by atoms with E-state index in [4.69, 9.17) is 11.6 Å². The first-order valence-electron chi connectivity index (χ1n) is 8.43. The highest BCUT2D eigenvalue weighted by molar-refractivity contribution is 6.30. The Bertz CT molecular complexity index is 848. The second-order valence-electron chi connectivity index (χ2n) is 6.28. The summed E-state index contributed by atoms with van der Waals surface area (Å²) in [6.45, 7) is 1.94. The van der Waals surface area contributed by atoms with Crippen molar-refractivity contribution in [2.45, 2.75) is 25.8 Å². The van der Waals surface area contributed by atoms with Crippen LogP contribution in [0.2, 0.25) is 5.02 Å². The van der Waals surface area contributed by atoms with Crippen LogP contribution < -0.4 is 5.32 Å². The van der Waals surface area contributed by atoms with Crippen LogP contribution in [0.25, 0.3) is 0 Å². The molecule has 2 aromatic carbocycles. The predicted octanol–water partition coefficient (Wildman–Crippen LogP) is 3.13. The van der Waals surface area contributed by atoms with Crippen LogP contribution >= 0.6 is 11.6 Å². The molecule has 0 aromatic heterocycles. The lowest BCUT2D eigenvalue weighted by atomic mass is 9.98. The molecule has 0 unspecified atom stereocenters. The molecule has 6 heteroatoms. The molecule has 1 aliphatic rings. The van der Waals surface area contributed by atoms with Crippen LogP contribution in [0.15, 0.2) is 48.5 Å². The van der Waals surface area contributed by atoms with Crippen molar-refractivity contribution < 1.29 is 14.4 Å². The van der Waals surface area contributed by atoms with E-state index in [0.717, 1.165) is 16.0 Å². The Balaban J connectivity index is 1.58. The predicted molar refractivity (Wildman–Crippen MR) is 98.8 cm³/mol. The average Bonchev–Trinajstić information content (AvgIpc) is 2.62. The molecule has 0 fully saturated rings. The maximum Gasteiger partial charge on any atom is 0.260 e. The maximum absolute atomic E-state index is 12.5. The van der Waals surface area contributed by atoms with Gasteiger partial charge in [-0.2, -0.15) is 0 Å². The Morgan fingerprint density at radius 1 is 1.15 bits per heavy atom. The minimum Gasteiger partial charge on any atom is -0.350 e. The topological polar surface area (TPSA) is 66.5 Å². The van der Waals surface area contributed by atoms with Crippen LogP contribution in [0, 0.1) is 0 Å². The van der Waals surface area contributed by atoms with Gasteiger partial charge in [0.2, 0.25) is 11.8 Å². The van der Waals surface area contributed by atoms with E-state index in [-0.39, 0.29) is 43.1 Å². The van der Waals surface area contributed by atoms with Crippen molar-refractivity contribution >= 4 is 29.3 Å². The third-order valence-electron chi connectivity index (χ3n) is 4.45. The number of nitrogens with one attached hydrogen (secondary N) is 1. The highest BCUT2D eigenvalue weighted by Gasteiger charge is 2.30. The molecule has 134 valence electrons. The van der Waals surface area contributed by atoms with Crippen LogP contribution in [0.4, 0.5) is 0 Å². The lowest BCUT2D eigenvalue weighted by molar-refractivity contribution is -0.129. The first-order valence-corrected chi connectivity index (χ1v) is 8.81. The third-order valence-corrected chi connectivity index (χ3v) is 4.70. The largest absolute Gasteiger partial charge is 0.350 e. The van der Waals surface area contributed by atoms with Crippen LogP contribution in [0.3, 0.4) is 0 Å². The number of carbonyl (C=O) groups is 3. The van der Waals surface area contributed by atoms with Gasteiger partial charge in [0.05, 0.1) is 12.5 Å². The number of amides is 3. The van der Waals surface area contributed by atoms with E-state index in [9.17, 15) is 14.4 Å². The number of carbonyl (C=O) groups excluding carboxylic acids is 3. The van der Waals surface area contributed by atoms with Crippen molar-refractivity contribution in [1.29, 1.82) is 0 Å². The molecule has 1 heterocycles. The molecule has 1 atom stereocenters. The van der Waals surface area contributed by atoms with E-state index in [1.165, 1.54) is 0 Å². The summed E-state index contributed by atoms with van der Waals surface area (Å²) in [5, 5.41) is 3.51. The summed E-state index contributed by atoms with van der Waals surface area (Å²) in [4.78, 5) is 38.1. The molecule has 0 radical (unpaired) electrons. The van der Waals surface area contributed by atoms with Gasteiger partial charge in [-0.3, -0.25) is 19.3 Å². The van der Waals surface area contributed by atoms with E-state index >= 15 is 0 Å². The highest BCUT2D eigenvalue weighted by Crippen LogP contribution is 2.20. The fraction of sp³-hybridized carbons (Fsp3) is 0.250. The third kappa shape index (κ3) is 3.94. The molecule has 5 nitrogen and oxygen atoms in total. The van der Waals surface area contributed by atoms with Crippen molar-refractivity contribution in [1.82, 2.24) is 10.2 Å². The molecule has 2 aromatic rings. The summed E-state index contributed by atoms with van der Waals surface area (Å²) in [5.74, 6) is -0.824. The molecule has 0 saturated carbocycles. The molecule has 0 bridgehead atoms. The molecular formula is C20H19ClN2O3. The lowest BCUT2D eigenvalue weighted by Gasteiger charge is -2.26. The number of nitrogens with zero attached hydrogens (tertiary/aromatic N) is 1. The summed E-state index contributed by atoms with van der Waals surface area (Å²) in [6, 6.07) is 14.1. The number of rotatable bonds is 5. The second kappa shape index (κ2) is 7.70. The van der Waals surface area contributed by atoms with Crippen LogP contribution in [-0.2, 0) is 16.0 Å². The standard InChI is InChI=1S/C20H19ClN2O3/c1-13(14-6-8-16(21)9-7-14)22-18(24)10-11-23-19(25)12-15-4-2-3-5-17(15)20(23)26/h2-9,13H,10-12H2,1H3,(H,22,24)/t13-/m1/s1. The van der Waals surface area contributed by atoms with Gasteiger partial charge in [0, 0.05) is 23.6 Å². The van der Waals surface area contributed by atoms with Gasteiger partial charge in [-0.05, 0) is 36.2 Å². The summed E-state index contributed by atoms with van der Waals surface area (Å²) in [5.41, 5.74) is 2.20. The van der Waals surface area contributed by atoms with Crippen LogP contribution in [0.5, 0.6) is 0 Å². The quantitative estimate of drug-likeness (QED) is 0.822. The fourth-order valence-electron chi connectivity index (χ4n) is 2.99. The molecule has 1 aliphatic heterocycles. The molecular weight excluding hydrogens is 352 g/mol. The van der Waals surface area contributed by atoms with Crippen molar-refractivity contribution in [3.05, 3.63) is 70.2 Å². The second-order valence-corrected chi connectivity index (χ2v) is 6.71. The zero-order valence-corrected chi connectivity index (χ0v) is 15.1. The Morgan fingerprint density at radius 3 is 2.58 bits per heavy atom. The summed E-state index contributed by atoms with van der Waals surface area (Å²) >= 11 is 5.86. The molecule has 0 spiro atoms. The van der Waals surface area contributed by atoms with Crippen molar-refractivity contribution in [2.75, 3.05) is 6.54 Å². The minimum atomic E-state index is -0.338. The maximum atomic E-state index is 12.5. The molecule has 3 amide bonds. The van der Waals surface area contributed by atoms with Crippen LogP contribution in [0.1, 0.15) is 40.9 Å². The number of hydrogen-bond donors (Lipinski definition) is 1. The zero-order chi connectivity index (χ0) is 18.7. The van der Waals surface area contributed by atoms with Gasteiger partial charge in [0.25, 0.3) is 5.91 Å². The van der Waals surface area contributed by atoms with E-state index in [1.807, 2.05) is 19.1 Å². The van der Waals surface area contributed by atoms with E-state index in [0.29, 0.717) is 10.6 Å². The van der Waals surface area contributed by atoms with Gasteiger partial charge < -0.3 is 5.32 Å². The Morgan fingerprint density at radius 2 is 1.85 bits per heavy atom. The summed E-state index contributed by atoms with van der Waals surface area (Å²) in [7, 11) is 0. The smallest absolute Gasteiger partial charge is 0.260 e. The number of fused-ring (bicyclic) bond motifs is 1. The zero-order valence-electron chi connectivity index (χ0n) is 14.4. The molecule has 0 saturated heterocycles. The molecule has 26 heavy (non-hydrogen) atoms. The monoisotopic (exact) mass is 370 g/mol. The lowest BCUT2D eigenvalue weighted by Crippen LogP contribution is -2.44. The molecule has 1 N–H and O–H groups in total. The Kier molecular flexibility index (Phi) is 5.38. The Labute approximate surface area is 156 Å². The van der Waals surface area contributed by atoms with Gasteiger partial charge in [0.1, 0.15) is 0 Å². The van der Waals surface area contributed by atoms with E-state index in [2.05, 4.69) is 5.32 Å². The SMILES string of the molecule is C[C@@H](NC(=O)CCN1C(=O)Cc2ccccc2C1=O)c1ccc(Cl)cc1.